The SMILES string of the molecule is CNC(=O)C(C)NCc1ccc(C(=O)OC)cc1Br. The first-order chi connectivity index (χ1) is 8.99. The van der Waals surface area contributed by atoms with Gasteiger partial charge in [0.05, 0.1) is 18.7 Å². The molecule has 1 rings (SSSR count). The van der Waals surface area contributed by atoms with Gasteiger partial charge in [0.2, 0.25) is 5.91 Å². The Bertz CT molecular complexity index is 477. The maximum Gasteiger partial charge on any atom is 0.337 e. The number of hydrogen-bond acceptors (Lipinski definition) is 4. The van der Waals surface area contributed by atoms with Crippen LogP contribution in [0.25, 0.3) is 0 Å². The van der Waals surface area contributed by atoms with Crippen molar-refractivity contribution in [2.75, 3.05) is 14.2 Å². The molecule has 19 heavy (non-hydrogen) atoms. The molecular formula is C13H17BrN2O3. The number of likely N-dealkylation sites (N-methyl/N-ethyl adjacent to an activating group) is 1. The first kappa shape index (κ1) is 15.7. The molecule has 0 spiro atoms. The number of halogens is 1. The minimum atomic E-state index is -0.376. The van der Waals surface area contributed by atoms with Crippen molar-refractivity contribution in [2.45, 2.75) is 19.5 Å². The molecule has 1 unspecified atom stereocenters. The molecule has 0 heterocycles. The fraction of sp³-hybridized carbons (Fsp3) is 0.385. The van der Waals surface area contributed by atoms with Crippen molar-refractivity contribution < 1.29 is 14.3 Å². The quantitative estimate of drug-likeness (QED) is 0.803. The predicted molar refractivity (Wildman–Crippen MR) is 75.8 cm³/mol. The van der Waals surface area contributed by atoms with Crippen LogP contribution in [0.2, 0.25) is 0 Å². The van der Waals surface area contributed by atoms with E-state index < -0.39 is 0 Å². The van der Waals surface area contributed by atoms with E-state index in [4.69, 9.17) is 0 Å². The largest absolute Gasteiger partial charge is 0.465 e. The van der Waals surface area contributed by atoms with Crippen LogP contribution >= 0.6 is 15.9 Å². The van der Waals surface area contributed by atoms with Crippen molar-refractivity contribution in [1.29, 1.82) is 0 Å². The van der Waals surface area contributed by atoms with Gasteiger partial charge in [0.25, 0.3) is 0 Å². The maximum absolute atomic E-state index is 11.4. The second kappa shape index (κ2) is 7.25. The van der Waals surface area contributed by atoms with Crippen molar-refractivity contribution >= 4 is 27.8 Å². The Balaban J connectivity index is 2.70. The van der Waals surface area contributed by atoms with E-state index in [1.54, 1.807) is 26.1 Å². The van der Waals surface area contributed by atoms with Crippen LogP contribution in [0, 0.1) is 0 Å². The summed E-state index contributed by atoms with van der Waals surface area (Å²) in [5.74, 6) is -0.443. The zero-order valence-corrected chi connectivity index (χ0v) is 12.7. The zero-order chi connectivity index (χ0) is 14.4. The monoisotopic (exact) mass is 328 g/mol. The number of rotatable bonds is 5. The second-order valence-corrected chi connectivity index (χ2v) is 4.87. The molecule has 1 aromatic carbocycles. The van der Waals surface area contributed by atoms with E-state index in [2.05, 4.69) is 31.3 Å². The Morgan fingerprint density at radius 3 is 2.63 bits per heavy atom. The van der Waals surface area contributed by atoms with Crippen LogP contribution in [0.1, 0.15) is 22.8 Å². The van der Waals surface area contributed by atoms with Gasteiger partial charge in [0.1, 0.15) is 0 Å². The van der Waals surface area contributed by atoms with Crippen molar-refractivity contribution in [3.8, 4) is 0 Å². The van der Waals surface area contributed by atoms with Crippen LogP contribution in [0.3, 0.4) is 0 Å². The summed E-state index contributed by atoms with van der Waals surface area (Å²) >= 11 is 3.40. The third kappa shape index (κ3) is 4.33. The number of carbonyl (C=O) groups is 2. The number of ether oxygens (including phenoxy) is 1. The van der Waals surface area contributed by atoms with Gasteiger partial charge in [-0.2, -0.15) is 0 Å². The molecule has 0 aliphatic carbocycles. The molecule has 1 atom stereocenters. The molecule has 0 radical (unpaired) electrons. The summed E-state index contributed by atoms with van der Waals surface area (Å²) in [6, 6.07) is 4.93. The standard InChI is InChI=1S/C13H17BrN2O3/c1-8(12(17)15-2)16-7-10-5-4-9(6-11(10)14)13(18)19-3/h4-6,8,16H,7H2,1-3H3,(H,15,17). The fourth-order valence-corrected chi connectivity index (χ4v) is 2.03. The molecule has 0 aliphatic rings. The molecule has 0 saturated heterocycles. The molecule has 0 aliphatic heterocycles. The molecule has 2 N–H and O–H groups in total. The number of methoxy groups -OCH3 is 1. The van der Waals surface area contributed by atoms with E-state index in [1.165, 1.54) is 7.11 Å². The third-order valence-electron chi connectivity index (χ3n) is 2.71. The molecule has 104 valence electrons. The second-order valence-electron chi connectivity index (χ2n) is 4.01. The Labute approximate surface area is 120 Å². The zero-order valence-electron chi connectivity index (χ0n) is 11.1. The lowest BCUT2D eigenvalue weighted by molar-refractivity contribution is -0.122. The lowest BCUT2D eigenvalue weighted by Crippen LogP contribution is -2.40. The van der Waals surface area contributed by atoms with Gasteiger partial charge in [0.15, 0.2) is 0 Å². The average molecular weight is 329 g/mol. The van der Waals surface area contributed by atoms with Gasteiger partial charge >= 0.3 is 5.97 Å². The summed E-state index contributed by atoms with van der Waals surface area (Å²) in [7, 11) is 2.94. The number of nitrogens with one attached hydrogen (secondary N) is 2. The highest BCUT2D eigenvalue weighted by molar-refractivity contribution is 9.10. The molecule has 1 amide bonds. The molecule has 5 nitrogen and oxygen atoms in total. The minimum absolute atomic E-state index is 0.0673. The molecular weight excluding hydrogens is 312 g/mol. The summed E-state index contributed by atoms with van der Waals surface area (Å²) in [5, 5.41) is 5.67. The fourth-order valence-electron chi connectivity index (χ4n) is 1.51. The normalized spacial score (nSPS) is 11.8. The van der Waals surface area contributed by atoms with E-state index >= 15 is 0 Å². The third-order valence-corrected chi connectivity index (χ3v) is 3.45. The Hall–Kier alpha value is -1.40. The highest BCUT2D eigenvalue weighted by Gasteiger charge is 2.12. The molecule has 0 fully saturated rings. The molecule has 0 aromatic heterocycles. The van der Waals surface area contributed by atoms with Crippen LogP contribution in [0.15, 0.2) is 22.7 Å². The van der Waals surface area contributed by atoms with E-state index in [1.807, 2.05) is 6.07 Å². The summed E-state index contributed by atoms with van der Waals surface area (Å²) in [6.07, 6.45) is 0. The van der Waals surface area contributed by atoms with Gasteiger partial charge in [-0.15, -0.1) is 0 Å². The van der Waals surface area contributed by atoms with E-state index in [-0.39, 0.29) is 17.9 Å². The first-order valence-electron chi connectivity index (χ1n) is 5.81. The number of carbonyl (C=O) groups excluding carboxylic acids is 2. The number of amides is 1. The smallest absolute Gasteiger partial charge is 0.337 e. The van der Waals surface area contributed by atoms with Gasteiger partial charge in [-0.05, 0) is 24.6 Å². The summed E-state index contributed by atoms with van der Waals surface area (Å²) in [6.45, 7) is 2.31. The van der Waals surface area contributed by atoms with Crippen molar-refractivity contribution in [3.63, 3.8) is 0 Å². The number of esters is 1. The van der Waals surface area contributed by atoms with Gasteiger partial charge in [-0.3, -0.25) is 4.79 Å². The van der Waals surface area contributed by atoms with Crippen molar-refractivity contribution in [1.82, 2.24) is 10.6 Å². The molecule has 6 heteroatoms. The van der Waals surface area contributed by atoms with Crippen LogP contribution in [0.4, 0.5) is 0 Å². The minimum Gasteiger partial charge on any atom is -0.465 e. The lowest BCUT2D eigenvalue weighted by atomic mass is 10.1. The van der Waals surface area contributed by atoms with Gasteiger partial charge in [-0.1, -0.05) is 22.0 Å². The van der Waals surface area contributed by atoms with Crippen LogP contribution < -0.4 is 10.6 Å². The average Bonchev–Trinajstić information content (AvgIpc) is 2.43. The molecule has 1 aromatic rings. The van der Waals surface area contributed by atoms with Gasteiger partial charge < -0.3 is 15.4 Å². The first-order valence-corrected chi connectivity index (χ1v) is 6.60. The Morgan fingerprint density at radius 2 is 2.11 bits per heavy atom. The Morgan fingerprint density at radius 1 is 1.42 bits per heavy atom. The van der Waals surface area contributed by atoms with E-state index in [0.29, 0.717) is 12.1 Å². The highest BCUT2D eigenvalue weighted by Crippen LogP contribution is 2.19. The maximum atomic E-state index is 11.4. The van der Waals surface area contributed by atoms with E-state index in [0.717, 1.165) is 10.0 Å². The number of hydrogen-bond donors (Lipinski definition) is 2. The lowest BCUT2D eigenvalue weighted by Gasteiger charge is -2.13. The molecule has 0 bridgehead atoms. The summed E-state index contributed by atoms with van der Waals surface area (Å²) in [4.78, 5) is 22.7. The van der Waals surface area contributed by atoms with Crippen molar-refractivity contribution in [2.24, 2.45) is 0 Å². The molecule has 0 saturated carbocycles. The van der Waals surface area contributed by atoms with Crippen LogP contribution in [0.5, 0.6) is 0 Å². The highest BCUT2D eigenvalue weighted by atomic mass is 79.9. The Kier molecular flexibility index (Phi) is 5.98. The van der Waals surface area contributed by atoms with Crippen LogP contribution in [-0.2, 0) is 16.1 Å². The predicted octanol–water partition coefficient (Wildman–Crippen LogP) is 1.46. The van der Waals surface area contributed by atoms with Crippen molar-refractivity contribution in [3.05, 3.63) is 33.8 Å². The van der Waals surface area contributed by atoms with Crippen LogP contribution in [-0.4, -0.2) is 32.1 Å². The topological polar surface area (TPSA) is 67.4 Å². The number of benzene rings is 1. The summed E-state index contributed by atoms with van der Waals surface area (Å²) < 4.78 is 5.45. The van der Waals surface area contributed by atoms with Gasteiger partial charge in [0, 0.05) is 18.1 Å². The summed E-state index contributed by atoms with van der Waals surface area (Å²) in [5.41, 5.74) is 1.45. The van der Waals surface area contributed by atoms with Gasteiger partial charge in [-0.25, -0.2) is 4.79 Å². The van der Waals surface area contributed by atoms with E-state index in [9.17, 15) is 9.59 Å².